The van der Waals surface area contributed by atoms with Gasteiger partial charge in [0, 0.05) is 19.0 Å². The van der Waals surface area contributed by atoms with Gasteiger partial charge >= 0.3 is 0 Å². The first kappa shape index (κ1) is 18.4. The summed E-state index contributed by atoms with van der Waals surface area (Å²) in [6.45, 7) is 0.909. The number of benzene rings is 1. The summed E-state index contributed by atoms with van der Waals surface area (Å²) in [5, 5.41) is 3.79. The number of hydrogen-bond donors (Lipinski definition) is 0. The third kappa shape index (κ3) is 3.56. The predicted molar refractivity (Wildman–Crippen MR) is 94.4 cm³/mol. The van der Waals surface area contributed by atoms with E-state index in [1.54, 1.807) is 23.1 Å². The summed E-state index contributed by atoms with van der Waals surface area (Å²) in [5.74, 6) is -0.669. The lowest BCUT2D eigenvalue weighted by Crippen LogP contribution is -2.40. The van der Waals surface area contributed by atoms with Crippen molar-refractivity contribution in [2.75, 3.05) is 13.1 Å². The van der Waals surface area contributed by atoms with Crippen LogP contribution < -0.4 is 0 Å². The fourth-order valence-electron chi connectivity index (χ4n) is 3.58. The normalized spacial score (nSPS) is 17.4. The number of aromatic nitrogens is 4. The second kappa shape index (κ2) is 7.57. The van der Waals surface area contributed by atoms with Gasteiger partial charge in [0.2, 0.25) is 5.91 Å². The second-order valence-corrected chi connectivity index (χ2v) is 6.83. The summed E-state index contributed by atoms with van der Waals surface area (Å²) in [7, 11) is 0. The largest absolute Gasteiger partial charge is 0.342 e. The number of halogens is 3. The molecule has 3 heterocycles. The van der Waals surface area contributed by atoms with Gasteiger partial charge in [0.05, 0.1) is 12.1 Å². The predicted octanol–water partition coefficient (Wildman–Crippen LogP) is 3.15. The van der Waals surface area contributed by atoms with Crippen LogP contribution >= 0.6 is 0 Å². The molecule has 0 N–H and O–H groups in total. The summed E-state index contributed by atoms with van der Waals surface area (Å²) in [5.41, 5.74) is 0.545. The first-order valence-corrected chi connectivity index (χ1v) is 9.03. The first-order valence-electron chi connectivity index (χ1n) is 9.03. The van der Waals surface area contributed by atoms with Gasteiger partial charge in [-0.2, -0.15) is 14.6 Å². The number of fused-ring (bicyclic) bond motifs is 1. The Balaban J connectivity index is 1.55. The quantitative estimate of drug-likeness (QED) is 0.688. The summed E-state index contributed by atoms with van der Waals surface area (Å²) in [4.78, 5) is 22.6. The van der Waals surface area contributed by atoms with E-state index >= 15 is 0 Å². The number of amides is 1. The van der Waals surface area contributed by atoms with Crippen LogP contribution in [0.4, 0.5) is 13.2 Å². The first-order chi connectivity index (χ1) is 13.5. The number of carbonyl (C=O) groups is 1. The molecule has 1 aliphatic heterocycles. The van der Waals surface area contributed by atoms with Gasteiger partial charge in [0.25, 0.3) is 12.2 Å². The van der Waals surface area contributed by atoms with Crippen LogP contribution in [0.25, 0.3) is 5.78 Å². The minimum Gasteiger partial charge on any atom is -0.342 e. The average molecular weight is 389 g/mol. The number of nitrogens with zero attached hydrogens (tertiary/aromatic N) is 5. The van der Waals surface area contributed by atoms with Crippen molar-refractivity contribution in [3.05, 3.63) is 59.4 Å². The molecule has 0 saturated carbocycles. The molecular formula is C19H18F3N5O. The fourth-order valence-corrected chi connectivity index (χ4v) is 3.58. The smallest absolute Gasteiger partial charge is 0.280 e. The van der Waals surface area contributed by atoms with E-state index in [-0.39, 0.29) is 29.7 Å². The Kier molecular flexibility index (Phi) is 4.97. The number of hydrogen-bond acceptors (Lipinski definition) is 4. The van der Waals surface area contributed by atoms with Gasteiger partial charge in [-0.3, -0.25) is 4.79 Å². The molecule has 1 fully saturated rings. The Bertz CT molecular complexity index is 1010. The van der Waals surface area contributed by atoms with E-state index in [4.69, 9.17) is 0 Å². The van der Waals surface area contributed by atoms with Crippen LogP contribution in [-0.4, -0.2) is 43.5 Å². The van der Waals surface area contributed by atoms with Crippen LogP contribution in [0.3, 0.4) is 0 Å². The van der Waals surface area contributed by atoms with Gasteiger partial charge in [-0.15, -0.1) is 0 Å². The number of likely N-dealkylation sites (tertiary alicyclic amines) is 1. The Hall–Kier alpha value is -2.97. The van der Waals surface area contributed by atoms with E-state index < -0.39 is 12.2 Å². The molecule has 3 aromatic rings. The molecule has 1 amide bonds. The van der Waals surface area contributed by atoms with Crippen molar-refractivity contribution in [1.82, 2.24) is 24.5 Å². The Morgan fingerprint density at radius 3 is 2.89 bits per heavy atom. The Labute approximate surface area is 159 Å². The van der Waals surface area contributed by atoms with Crippen molar-refractivity contribution < 1.29 is 18.0 Å². The number of carbonyl (C=O) groups excluding carboxylic acids is 1. The molecule has 146 valence electrons. The molecule has 0 bridgehead atoms. The minimum atomic E-state index is -2.71. The van der Waals surface area contributed by atoms with Crippen LogP contribution in [0.2, 0.25) is 0 Å². The standard InChI is InChI=1S/C19H18F3N5O/c20-14-6-2-1-4-12(14)8-17(28)26-7-3-5-13(10-26)15-9-16(18(21)22)27-19(25-15)23-11-24-27/h1-2,4,6,9,11,13,18H,3,5,7-8,10H2/t13-/m1/s1. The van der Waals surface area contributed by atoms with E-state index in [0.29, 0.717) is 24.3 Å². The molecule has 1 aromatic carbocycles. The van der Waals surface area contributed by atoms with Crippen molar-refractivity contribution in [3.63, 3.8) is 0 Å². The Morgan fingerprint density at radius 1 is 1.29 bits per heavy atom. The third-order valence-electron chi connectivity index (χ3n) is 5.01. The number of rotatable bonds is 4. The monoisotopic (exact) mass is 389 g/mol. The van der Waals surface area contributed by atoms with Gasteiger partial charge in [-0.25, -0.2) is 18.2 Å². The van der Waals surface area contributed by atoms with Crippen molar-refractivity contribution in [2.45, 2.75) is 31.6 Å². The van der Waals surface area contributed by atoms with Gasteiger partial charge in [0.1, 0.15) is 17.8 Å². The third-order valence-corrected chi connectivity index (χ3v) is 5.01. The van der Waals surface area contributed by atoms with Crippen molar-refractivity contribution >= 4 is 11.7 Å². The molecule has 0 unspecified atom stereocenters. The van der Waals surface area contributed by atoms with E-state index in [2.05, 4.69) is 15.1 Å². The Morgan fingerprint density at radius 2 is 2.11 bits per heavy atom. The number of piperidine rings is 1. The lowest BCUT2D eigenvalue weighted by Gasteiger charge is -2.32. The van der Waals surface area contributed by atoms with Gasteiger partial charge in [-0.05, 0) is 30.5 Å². The fraction of sp³-hybridized carbons (Fsp3) is 0.368. The zero-order valence-electron chi connectivity index (χ0n) is 14.9. The molecule has 9 heteroatoms. The van der Waals surface area contributed by atoms with Gasteiger partial charge < -0.3 is 4.90 Å². The van der Waals surface area contributed by atoms with Gasteiger partial charge in [0.15, 0.2) is 0 Å². The second-order valence-electron chi connectivity index (χ2n) is 6.83. The van der Waals surface area contributed by atoms with Crippen molar-refractivity contribution in [3.8, 4) is 0 Å². The highest BCUT2D eigenvalue weighted by Gasteiger charge is 2.28. The van der Waals surface area contributed by atoms with Crippen molar-refractivity contribution in [1.29, 1.82) is 0 Å². The van der Waals surface area contributed by atoms with Crippen LogP contribution in [-0.2, 0) is 11.2 Å². The maximum Gasteiger partial charge on any atom is 0.280 e. The SMILES string of the molecule is O=C(Cc1ccccc1F)N1CCC[C@@H](c2cc(C(F)F)n3ncnc3n2)C1. The zero-order valence-corrected chi connectivity index (χ0v) is 14.9. The molecule has 0 aliphatic carbocycles. The van der Waals surface area contributed by atoms with Crippen LogP contribution in [0.15, 0.2) is 36.7 Å². The topological polar surface area (TPSA) is 63.4 Å². The highest BCUT2D eigenvalue weighted by atomic mass is 19.3. The lowest BCUT2D eigenvalue weighted by atomic mass is 9.93. The summed E-state index contributed by atoms with van der Waals surface area (Å²) >= 11 is 0. The van der Waals surface area contributed by atoms with Crippen molar-refractivity contribution in [2.24, 2.45) is 0 Å². The highest BCUT2D eigenvalue weighted by molar-refractivity contribution is 5.79. The van der Waals surface area contributed by atoms with Crippen LogP contribution in [0.5, 0.6) is 0 Å². The molecule has 0 spiro atoms. The highest BCUT2D eigenvalue weighted by Crippen LogP contribution is 2.29. The lowest BCUT2D eigenvalue weighted by molar-refractivity contribution is -0.131. The molecule has 0 radical (unpaired) electrons. The number of alkyl halides is 2. The molecule has 6 nitrogen and oxygen atoms in total. The summed E-state index contributed by atoms with van der Waals surface area (Å²) in [6, 6.07) is 7.51. The van der Waals surface area contributed by atoms with E-state index in [0.717, 1.165) is 17.4 Å². The average Bonchev–Trinajstić information content (AvgIpc) is 3.17. The minimum absolute atomic E-state index is 0.0294. The van der Waals surface area contributed by atoms with Crippen LogP contribution in [0, 0.1) is 5.82 Å². The maximum atomic E-state index is 13.8. The molecule has 28 heavy (non-hydrogen) atoms. The molecule has 1 aliphatic rings. The molecule has 1 atom stereocenters. The molecular weight excluding hydrogens is 371 g/mol. The van der Waals surface area contributed by atoms with Crippen LogP contribution in [0.1, 0.15) is 42.1 Å². The van der Waals surface area contributed by atoms with E-state index in [1.807, 2.05) is 0 Å². The molecule has 1 saturated heterocycles. The van der Waals surface area contributed by atoms with E-state index in [1.165, 1.54) is 18.5 Å². The molecule has 4 rings (SSSR count). The summed E-state index contributed by atoms with van der Waals surface area (Å²) in [6.07, 6.45) is -0.115. The summed E-state index contributed by atoms with van der Waals surface area (Å²) < 4.78 is 41.6. The molecule has 2 aromatic heterocycles. The van der Waals surface area contributed by atoms with E-state index in [9.17, 15) is 18.0 Å². The maximum absolute atomic E-state index is 13.8. The zero-order chi connectivity index (χ0) is 19.7. The van der Waals surface area contributed by atoms with Gasteiger partial charge in [-0.1, -0.05) is 18.2 Å².